The molecular formula is C49H36N2. The van der Waals surface area contributed by atoms with Gasteiger partial charge in [0.2, 0.25) is 0 Å². The number of hydrogen-bond donors (Lipinski definition) is 0. The van der Waals surface area contributed by atoms with Crippen LogP contribution in [0.2, 0.25) is 0 Å². The van der Waals surface area contributed by atoms with Crippen molar-refractivity contribution < 1.29 is 0 Å². The maximum Gasteiger partial charge on any atom is 0.0625 e. The highest BCUT2D eigenvalue weighted by Crippen LogP contribution is 2.51. The summed E-state index contributed by atoms with van der Waals surface area (Å²) in [5, 5.41) is 4.97. The third-order valence-electron chi connectivity index (χ3n) is 10.9. The van der Waals surface area contributed by atoms with Crippen molar-refractivity contribution in [3.63, 3.8) is 0 Å². The summed E-state index contributed by atoms with van der Waals surface area (Å²) in [6.45, 7) is 4.71. The van der Waals surface area contributed by atoms with Gasteiger partial charge >= 0.3 is 0 Å². The second-order valence-corrected chi connectivity index (χ2v) is 14.2. The van der Waals surface area contributed by atoms with Crippen LogP contribution >= 0.6 is 0 Å². The Morgan fingerprint density at radius 3 is 1.88 bits per heavy atom. The van der Waals surface area contributed by atoms with Gasteiger partial charge in [-0.25, -0.2) is 0 Å². The summed E-state index contributed by atoms with van der Waals surface area (Å²) in [7, 11) is 0. The van der Waals surface area contributed by atoms with Gasteiger partial charge in [0.1, 0.15) is 0 Å². The third kappa shape index (κ3) is 4.50. The van der Waals surface area contributed by atoms with Gasteiger partial charge in [-0.2, -0.15) is 0 Å². The summed E-state index contributed by atoms with van der Waals surface area (Å²) in [5.41, 5.74) is 14.8. The molecule has 10 rings (SSSR count). The monoisotopic (exact) mass is 652 g/mol. The second kappa shape index (κ2) is 11.3. The summed E-state index contributed by atoms with van der Waals surface area (Å²) >= 11 is 0. The van der Waals surface area contributed by atoms with Crippen LogP contribution in [0.3, 0.4) is 0 Å². The van der Waals surface area contributed by atoms with Crippen LogP contribution in [0.4, 0.5) is 17.1 Å². The van der Waals surface area contributed by atoms with E-state index in [2.05, 4.69) is 205 Å². The summed E-state index contributed by atoms with van der Waals surface area (Å²) in [4.78, 5) is 2.42. The molecule has 1 aliphatic carbocycles. The molecule has 2 nitrogen and oxygen atoms in total. The lowest BCUT2D eigenvalue weighted by Crippen LogP contribution is -2.16. The van der Waals surface area contributed by atoms with Gasteiger partial charge in [-0.05, 0) is 99.4 Å². The number of aromatic nitrogens is 1. The Labute approximate surface area is 298 Å². The van der Waals surface area contributed by atoms with E-state index in [0.717, 1.165) is 22.7 Å². The van der Waals surface area contributed by atoms with Crippen molar-refractivity contribution in [2.24, 2.45) is 0 Å². The van der Waals surface area contributed by atoms with E-state index < -0.39 is 0 Å². The second-order valence-electron chi connectivity index (χ2n) is 14.2. The highest BCUT2D eigenvalue weighted by Gasteiger charge is 2.35. The Hall–Kier alpha value is -6.38. The van der Waals surface area contributed by atoms with Gasteiger partial charge in [-0.1, -0.05) is 135 Å². The van der Waals surface area contributed by atoms with Gasteiger partial charge in [0, 0.05) is 44.3 Å². The summed E-state index contributed by atoms with van der Waals surface area (Å²) in [6, 6.07) is 66.6. The van der Waals surface area contributed by atoms with E-state index in [1.165, 1.54) is 66.0 Å². The first-order valence-electron chi connectivity index (χ1n) is 17.8. The third-order valence-corrected chi connectivity index (χ3v) is 10.9. The molecule has 1 heterocycles. The highest BCUT2D eigenvalue weighted by molar-refractivity contribution is 6.24. The zero-order chi connectivity index (χ0) is 34.1. The predicted octanol–water partition coefficient (Wildman–Crippen LogP) is 13.4. The molecule has 51 heavy (non-hydrogen) atoms. The fourth-order valence-electron chi connectivity index (χ4n) is 8.56. The van der Waals surface area contributed by atoms with Gasteiger partial charge < -0.3 is 9.47 Å². The molecule has 0 saturated carbocycles. The molecule has 0 fully saturated rings. The normalized spacial score (nSPS) is 13.1. The molecule has 0 N–H and O–H groups in total. The molecule has 0 spiro atoms. The molecule has 2 heteroatoms. The summed E-state index contributed by atoms with van der Waals surface area (Å²) in [6.07, 6.45) is 0. The Bertz CT molecular complexity index is 2760. The van der Waals surface area contributed by atoms with Crippen LogP contribution < -0.4 is 4.90 Å². The van der Waals surface area contributed by atoms with E-state index in [1.54, 1.807) is 0 Å². The minimum Gasteiger partial charge on any atom is -0.310 e. The smallest absolute Gasteiger partial charge is 0.0625 e. The SMILES string of the molecule is CC1(C)c2ccccc2-c2ccc(N(c3ccccc3)c3ccc4c(c3)c3c(-c5ccccc5)cc5ccccc5c3n4-c3ccccc3)cc21. The van der Waals surface area contributed by atoms with Crippen LogP contribution in [0.15, 0.2) is 182 Å². The van der Waals surface area contributed by atoms with Crippen molar-refractivity contribution >= 4 is 49.6 Å². The molecule has 0 amide bonds. The van der Waals surface area contributed by atoms with Gasteiger partial charge in [-0.15, -0.1) is 0 Å². The van der Waals surface area contributed by atoms with Crippen LogP contribution in [0.25, 0.3) is 60.5 Å². The Kier molecular flexibility index (Phi) is 6.56. The Balaban J connectivity index is 1.28. The number of para-hydroxylation sites is 2. The van der Waals surface area contributed by atoms with Crippen molar-refractivity contribution in [2.75, 3.05) is 4.90 Å². The molecule has 0 atom stereocenters. The molecule has 9 aromatic rings. The van der Waals surface area contributed by atoms with Crippen molar-refractivity contribution in [2.45, 2.75) is 19.3 Å². The van der Waals surface area contributed by atoms with Crippen molar-refractivity contribution in [3.8, 4) is 27.9 Å². The van der Waals surface area contributed by atoms with Crippen LogP contribution in [-0.4, -0.2) is 4.57 Å². The van der Waals surface area contributed by atoms with E-state index in [0.29, 0.717) is 0 Å². The maximum absolute atomic E-state index is 2.46. The lowest BCUT2D eigenvalue weighted by atomic mass is 9.82. The summed E-state index contributed by atoms with van der Waals surface area (Å²) < 4.78 is 2.46. The van der Waals surface area contributed by atoms with E-state index >= 15 is 0 Å². The average molecular weight is 653 g/mol. The Morgan fingerprint density at radius 2 is 1.08 bits per heavy atom. The summed E-state index contributed by atoms with van der Waals surface area (Å²) in [5.74, 6) is 0. The molecule has 0 radical (unpaired) electrons. The zero-order valence-corrected chi connectivity index (χ0v) is 28.7. The van der Waals surface area contributed by atoms with Crippen molar-refractivity contribution in [3.05, 3.63) is 193 Å². The molecule has 0 unspecified atom stereocenters. The number of hydrogen-bond acceptors (Lipinski definition) is 1. The first kappa shape index (κ1) is 29.5. The van der Waals surface area contributed by atoms with Crippen LogP contribution in [0, 0.1) is 0 Å². The molecular weight excluding hydrogens is 617 g/mol. The highest BCUT2D eigenvalue weighted by atomic mass is 15.1. The molecule has 0 saturated heterocycles. The first-order chi connectivity index (χ1) is 25.1. The average Bonchev–Trinajstić information content (AvgIpc) is 3.65. The number of benzene rings is 8. The molecule has 0 bridgehead atoms. The molecule has 8 aromatic carbocycles. The predicted molar refractivity (Wildman–Crippen MR) is 216 cm³/mol. The molecule has 242 valence electrons. The van der Waals surface area contributed by atoms with Gasteiger partial charge in [-0.3, -0.25) is 0 Å². The minimum atomic E-state index is -0.0943. The number of fused-ring (bicyclic) bond motifs is 8. The molecule has 1 aliphatic rings. The Morgan fingerprint density at radius 1 is 0.451 bits per heavy atom. The van der Waals surface area contributed by atoms with E-state index in [4.69, 9.17) is 0 Å². The van der Waals surface area contributed by atoms with Gasteiger partial charge in [0.15, 0.2) is 0 Å². The van der Waals surface area contributed by atoms with Crippen molar-refractivity contribution in [1.29, 1.82) is 0 Å². The van der Waals surface area contributed by atoms with Gasteiger partial charge in [0.05, 0.1) is 11.0 Å². The maximum atomic E-state index is 2.46. The minimum absolute atomic E-state index is 0.0943. The number of nitrogens with zero attached hydrogens (tertiary/aromatic N) is 2. The van der Waals surface area contributed by atoms with Gasteiger partial charge in [0.25, 0.3) is 0 Å². The lowest BCUT2D eigenvalue weighted by Gasteiger charge is -2.28. The van der Waals surface area contributed by atoms with Crippen LogP contribution in [0.1, 0.15) is 25.0 Å². The quantitative estimate of drug-likeness (QED) is 0.180. The van der Waals surface area contributed by atoms with Crippen molar-refractivity contribution in [1.82, 2.24) is 4.57 Å². The molecule has 1 aromatic heterocycles. The van der Waals surface area contributed by atoms with Crippen LogP contribution in [0.5, 0.6) is 0 Å². The topological polar surface area (TPSA) is 8.17 Å². The number of rotatable bonds is 5. The largest absolute Gasteiger partial charge is 0.310 e. The fraction of sp³-hybridized carbons (Fsp3) is 0.0612. The van der Waals surface area contributed by atoms with E-state index in [1.807, 2.05) is 0 Å². The molecule has 0 aliphatic heterocycles. The van der Waals surface area contributed by atoms with Crippen LogP contribution in [-0.2, 0) is 5.41 Å². The fourth-order valence-corrected chi connectivity index (χ4v) is 8.56. The number of anilines is 3. The first-order valence-corrected chi connectivity index (χ1v) is 17.8. The standard InChI is InChI=1S/C49H36N2/c1-49(2)44-25-15-14-24-40(44)41-28-26-38(32-45(41)49)50(35-19-8-4-9-20-35)37-27-29-46-43(31-37)47-42(33-16-6-3-7-17-33)30-34-18-12-13-23-39(34)48(47)51(46)36-21-10-5-11-22-36/h3-32H,1-2H3. The lowest BCUT2D eigenvalue weighted by molar-refractivity contribution is 0.660. The van der Waals surface area contributed by atoms with E-state index in [-0.39, 0.29) is 5.41 Å². The zero-order valence-electron chi connectivity index (χ0n) is 28.7. The van der Waals surface area contributed by atoms with E-state index in [9.17, 15) is 0 Å².